The standard InChI is InChI=1S/C16H28N4O2.HI/c1-12-15(13(2)22-19-12)6-5-8-18-16(17-3)20(4)10-14-7-9-21-11-14;/h14H,5-11H2,1-4H3,(H,17,18);1H. The van der Waals surface area contributed by atoms with Crippen molar-refractivity contribution in [1.82, 2.24) is 15.4 Å². The fourth-order valence-corrected chi connectivity index (χ4v) is 2.91. The number of rotatable bonds is 6. The van der Waals surface area contributed by atoms with Crippen LogP contribution in [0.2, 0.25) is 0 Å². The Morgan fingerprint density at radius 3 is 2.78 bits per heavy atom. The maximum Gasteiger partial charge on any atom is 0.193 e. The summed E-state index contributed by atoms with van der Waals surface area (Å²) in [6, 6.07) is 0. The van der Waals surface area contributed by atoms with E-state index in [0.717, 1.165) is 63.0 Å². The Labute approximate surface area is 156 Å². The van der Waals surface area contributed by atoms with E-state index in [4.69, 9.17) is 9.26 Å². The van der Waals surface area contributed by atoms with Gasteiger partial charge in [-0.2, -0.15) is 0 Å². The lowest BCUT2D eigenvalue weighted by Crippen LogP contribution is -2.41. The molecule has 1 atom stereocenters. The number of nitrogens with one attached hydrogen (secondary N) is 1. The molecule has 1 fully saturated rings. The number of aryl methyl sites for hydroxylation is 2. The van der Waals surface area contributed by atoms with Gasteiger partial charge in [0.15, 0.2) is 5.96 Å². The summed E-state index contributed by atoms with van der Waals surface area (Å²) in [6.45, 7) is 7.61. The van der Waals surface area contributed by atoms with Crippen LogP contribution in [0, 0.1) is 19.8 Å². The predicted molar refractivity (Wildman–Crippen MR) is 103 cm³/mol. The summed E-state index contributed by atoms with van der Waals surface area (Å²) in [5, 5.41) is 7.42. The Bertz CT molecular complexity index is 479. The Morgan fingerprint density at radius 2 is 2.22 bits per heavy atom. The molecule has 1 saturated heterocycles. The van der Waals surface area contributed by atoms with Crippen LogP contribution in [0.4, 0.5) is 0 Å². The normalized spacial score (nSPS) is 17.9. The molecule has 0 aliphatic carbocycles. The second-order valence-electron chi connectivity index (χ2n) is 5.99. The van der Waals surface area contributed by atoms with Gasteiger partial charge in [-0.25, -0.2) is 0 Å². The highest BCUT2D eigenvalue weighted by atomic mass is 127. The van der Waals surface area contributed by atoms with E-state index < -0.39 is 0 Å². The van der Waals surface area contributed by atoms with Gasteiger partial charge in [0.05, 0.1) is 12.3 Å². The molecule has 1 N–H and O–H groups in total. The smallest absolute Gasteiger partial charge is 0.193 e. The lowest BCUT2D eigenvalue weighted by atomic mass is 10.1. The molecular formula is C16H29IN4O2. The zero-order chi connectivity index (χ0) is 15.9. The second-order valence-corrected chi connectivity index (χ2v) is 5.99. The highest BCUT2D eigenvalue weighted by molar-refractivity contribution is 14.0. The first-order valence-electron chi connectivity index (χ1n) is 8.03. The summed E-state index contributed by atoms with van der Waals surface area (Å²) in [5.41, 5.74) is 2.23. The summed E-state index contributed by atoms with van der Waals surface area (Å²) in [5.74, 6) is 2.50. The molecule has 1 aromatic rings. The molecule has 6 nitrogen and oxygen atoms in total. The van der Waals surface area contributed by atoms with E-state index in [1.54, 1.807) is 0 Å². The molecule has 1 aromatic heterocycles. The largest absolute Gasteiger partial charge is 0.381 e. The zero-order valence-electron chi connectivity index (χ0n) is 14.6. The van der Waals surface area contributed by atoms with Gasteiger partial charge in [0.25, 0.3) is 0 Å². The highest BCUT2D eigenvalue weighted by Crippen LogP contribution is 2.14. The van der Waals surface area contributed by atoms with E-state index in [1.165, 1.54) is 5.56 Å². The monoisotopic (exact) mass is 436 g/mol. The minimum Gasteiger partial charge on any atom is -0.381 e. The molecule has 2 rings (SSSR count). The molecule has 1 aliphatic heterocycles. The molecule has 7 heteroatoms. The Balaban J connectivity index is 0.00000264. The van der Waals surface area contributed by atoms with Gasteiger partial charge in [0.2, 0.25) is 0 Å². The van der Waals surface area contributed by atoms with Gasteiger partial charge in [-0.05, 0) is 33.1 Å². The number of halogens is 1. The molecule has 0 bridgehead atoms. The quantitative estimate of drug-likeness (QED) is 0.321. The van der Waals surface area contributed by atoms with Crippen molar-refractivity contribution in [3.63, 3.8) is 0 Å². The lowest BCUT2D eigenvalue weighted by Gasteiger charge is -2.24. The molecule has 1 unspecified atom stereocenters. The van der Waals surface area contributed by atoms with Crippen molar-refractivity contribution in [2.24, 2.45) is 10.9 Å². The van der Waals surface area contributed by atoms with Crippen LogP contribution in [0.1, 0.15) is 29.9 Å². The van der Waals surface area contributed by atoms with Crippen LogP contribution >= 0.6 is 24.0 Å². The molecule has 2 heterocycles. The van der Waals surface area contributed by atoms with Gasteiger partial charge >= 0.3 is 0 Å². The molecule has 1 aliphatic rings. The summed E-state index contributed by atoms with van der Waals surface area (Å²) in [7, 11) is 3.92. The number of aliphatic imine (C=N–C) groups is 1. The first-order valence-corrected chi connectivity index (χ1v) is 8.03. The van der Waals surface area contributed by atoms with Gasteiger partial charge in [0.1, 0.15) is 5.76 Å². The van der Waals surface area contributed by atoms with Crippen LogP contribution in [0.3, 0.4) is 0 Å². The highest BCUT2D eigenvalue weighted by Gasteiger charge is 2.19. The van der Waals surface area contributed by atoms with Gasteiger partial charge < -0.3 is 19.5 Å². The third-order valence-corrected chi connectivity index (χ3v) is 4.20. The Hall–Kier alpha value is -0.830. The Kier molecular flexibility index (Phi) is 8.90. The minimum atomic E-state index is 0. The molecule has 0 radical (unpaired) electrons. The van der Waals surface area contributed by atoms with E-state index in [-0.39, 0.29) is 24.0 Å². The van der Waals surface area contributed by atoms with Gasteiger partial charge in [-0.15, -0.1) is 24.0 Å². The average Bonchev–Trinajstić information content (AvgIpc) is 3.11. The van der Waals surface area contributed by atoms with Crippen LogP contribution in [0.5, 0.6) is 0 Å². The number of ether oxygens (including phenoxy) is 1. The fourth-order valence-electron chi connectivity index (χ4n) is 2.91. The summed E-state index contributed by atoms with van der Waals surface area (Å²) >= 11 is 0. The lowest BCUT2D eigenvalue weighted by molar-refractivity contribution is 0.181. The number of aromatic nitrogens is 1. The van der Waals surface area contributed by atoms with Crippen molar-refractivity contribution in [2.75, 3.05) is 40.4 Å². The molecule has 0 amide bonds. The zero-order valence-corrected chi connectivity index (χ0v) is 16.9. The van der Waals surface area contributed by atoms with Crippen LogP contribution < -0.4 is 5.32 Å². The minimum absolute atomic E-state index is 0. The van der Waals surface area contributed by atoms with Crippen LogP contribution in [-0.2, 0) is 11.2 Å². The third-order valence-electron chi connectivity index (χ3n) is 4.20. The molecule has 0 spiro atoms. The number of nitrogens with zero attached hydrogens (tertiary/aromatic N) is 3. The Morgan fingerprint density at radius 1 is 1.43 bits per heavy atom. The number of hydrogen-bond donors (Lipinski definition) is 1. The van der Waals surface area contributed by atoms with Crippen LogP contribution in [0.15, 0.2) is 9.52 Å². The van der Waals surface area contributed by atoms with E-state index in [9.17, 15) is 0 Å². The fraction of sp³-hybridized carbons (Fsp3) is 0.750. The molecule has 0 aromatic carbocycles. The average molecular weight is 436 g/mol. The number of hydrogen-bond acceptors (Lipinski definition) is 4. The van der Waals surface area contributed by atoms with Crippen molar-refractivity contribution in [1.29, 1.82) is 0 Å². The molecule has 23 heavy (non-hydrogen) atoms. The maximum atomic E-state index is 5.43. The van der Waals surface area contributed by atoms with Gasteiger partial charge in [-0.1, -0.05) is 5.16 Å². The third kappa shape index (κ3) is 5.95. The maximum absolute atomic E-state index is 5.43. The van der Waals surface area contributed by atoms with Crippen molar-refractivity contribution in [3.05, 3.63) is 17.0 Å². The van der Waals surface area contributed by atoms with E-state index in [0.29, 0.717) is 5.92 Å². The molecular weight excluding hydrogens is 407 g/mol. The SMILES string of the molecule is CN=C(NCCCc1c(C)noc1C)N(C)CC1CCOC1.I. The van der Waals surface area contributed by atoms with Gasteiger partial charge in [-0.3, -0.25) is 4.99 Å². The molecule has 0 saturated carbocycles. The topological polar surface area (TPSA) is 62.9 Å². The van der Waals surface area contributed by atoms with E-state index in [1.807, 2.05) is 20.9 Å². The first kappa shape index (κ1) is 20.2. The van der Waals surface area contributed by atoms with Crippen LogP contribution in [0.25, 0.3) is 0 Å². The number of guanidine groups is 1. The van der Waals surface area contributed by atoms with E-state index >= 15 is 0 Å². The van der Waals surface area contributed by atoms with Crippen molar-refractivity contribution < 1.29 is 9.26 Å². The summed E-state index contributed by atoms with van der Waals surface area (Å²) < 4.78 is 10.6. The predicted octanol–water partition coefficient (Wildman–Crippen LogP) is 2.39. The van der Waals surface area contributed by atoms with Gasteiger partial charge in [0, 0.05) is 45.3 Å². The van der Waals surface area contributed by atoms with E-state index in [2.05, 4.69) is 27.4 Å². The van der Waals surface area contributed by atoms with Crippen molar-refractivity contribution in [3.8, 4) is 0 Å². The summed E-state index contributed by atoms with van der Waals surface area (Å²) in [4.78, 5) is 6.55. The van der Waals surface area contributed by atoms with Crippen molar-refractivity contribution >= 4 is 29.9 Å². The first-order chi connectivity index (χ1) is 10.6. The second kappa shape index (κ2) is 10.1. The van der Waals surface area contributed by atoms with Crippen LogP contribution in [-0.4, -0.2) is 56.4 Å². The summed E-state index contributed by atoms with van der Waals surface area (Å²) in [6.07, 6.45) is 3.15. The van der Waals surface area contributed by atoms with Crippen molar-refractivity contribution in [2.45, 2.75) is 33.1 Å². The molecule has 132 valence electrons.